The predicted octanol–water partition coefficient (Wildman–Crippen LogP) is 9.96. The van der Waals surface area contributed by atoms with Gasteiger partial charge in [-0.3, -0.25) is 54.3 Å². The summed E-state index contributed by atoms with van der Waals surface area (Å²) in [6.45, 7) is 9.66. The van der Waals surface area contributed by atoms with E-state index >= 15 is 0 Å². The number of carbonyl (C=O) groups excluding carboxylic acids is 2. The van der Waals surface area contributed by atoms with E-state index in [0.29, 0.717) is 151 Å². The van der Waals surface area contributed by atoms with E-state index in [2.05, 4.69) is 55.7 Å². The minimum absolute atomic E-state index is 0.00231. The van der Waals surface area contributed by atoms with Gasteiger partial charge in [-0.25, -0.2) is 78.8 Å². The van der Waals surface area contributed by atoms with Gasteiger partial charge in [-0.05, 0) is 37.1 Å². The molecule has 8 aromatic rings. The summed E-state index contributed by atoms with van der Waals surface area (Å²) in [7, 11) is 0. The number of alkyl halides is 16. The summed E-state index contributed by atoms with van der Waals surface area (Å²) in [5, 5.41) is 29.5. The van der Waals surface area contributed by atoms with Gasteiger partial charge >= 0.3 is 23.7 Å². The molecule has 8 aromatic heterocycles. The van der Waals surface area contributed by atoms with Gasteiger partial charge in [0.2, 0.25) is 0 Å². The molecule has 33 nitrogen and oxygen atoms in total. The van der Waals surface area contributed by atoms with E-state index in [0.717, 1.165) is 93.1 Å². The highest BCUT2D eigenvalue weighted by molar-refractivity contribution is 6.32. The Morgan fingerprint density at radius 2 is 0.806 bits per heavy atom. The molecular formula is C74H90ClF16N27O6. The summed E-state index contributed by atoms with van der Waals surface area (Å²) >= 11 is 5.46. The summed E-state index contributed by atoms with van der Waals surface area (Å²) in [6.07, 6.45) is -10.4. The summed E-state index contributed by atoms with van der Waals surface area (Å²) in [6, 6.07) is 13.9. The van der Waals surface area contributed by atoms with Gasteiger partial charge in [-0.15, -0.1) is 0 Å². The summed E-state index contributed by atoms with van der Waals surface area (Å²) in [5.74, 6) is -0.268. The molecular weight excluding hydrogens is 1700 g/mol. The van der Waals surface area contributed by atoms with Crippen LogP contribution in [0.25, 0.3) is 5.65 Å². The molecule has 5 saturated heterocycles. The van der Waals surface area contributed by atoms with Crippen LogP contribution in [-0.2, 0) is 12.4 Å². The van der Waals surface area contributed by atoms with Gasteiger partial charge in [-0.1, -0.05) is 23.7 Å². The molecule has 2 amide bonds. The first-order chi connectivity index (χ1) is 58.7. The Morgan fingerprint density at radius 1 is 0.452 bits per heavy atom. The number of anilines is 11. The molecule has 13 heterocycles. The Morgan fingerprint density at radius 3 is 1.21 bits per heavy atom. The number of imidazole rings is 1. The van der Waals surface area contributed by atoms with Crippen LogP contribution >= 0.6 is 11.6 Å². The van der Waals surface area contributed by atoms with E-state index < -0.39 is 83.2 Å². The quantitative estimate of drug-likeness (QED) is 0.0188. The Kier molecular flexibility index (Phi) is 34.7. The lowest BCUT2D eigenvalue weighted by Crippen LogP contribution is -2.48. The maximum Gasteiger partial charge on any atom is 0.433 e. The van der Waals surface area contributed by atoms with Crippen molar-refractivity contribution in [1.82, 2.24) is 69.1 Å². The van der Waals surface area contributed by atoms with Crippen molar-refractivity contribution in [3.63, 3.8) is 0 Å². The topological polar surface area (TPSA) is 410 Å². The Bertz CT molecular complexity index is 4820. The maximum atomic E-state index is 13.1. The highest BCUT2D eigenvalue weighted by Crippen LogP contribution is 2.41. The van der Waals surface area contributed by atoms with Crippen molar-refractivity contribution in [3.8, 4) is 0 Å². The van der Waals surface area contributed by atoms with E-state index in [-0.39, 0.29) is 78.0 Å². The van der Waals surface area contributed by atoms with Crippen molar-refractivity contribution in [1.29, 1.82) is 0 Å². The monoisotopic (exact) mass is 1790 g/mol. The van der Waals surface area contributed by atoms with Crippen LogP contribution in [0.1, 0.15) is 56.8 Å². The first-order valence-electron chi connectivity index (χ1n) is 38.4. The number of aromatic nitrogens is 8. The van der Waals surface area contributed by atoms with E-state index in [1.54, 1.807) is 46.1 Å². The predicted molar refractivity (Wildman–Crippen MR) is 433 cm³/mol. The van der Waals surface area contributed by atoms with E-state index in [1.807, 2.05) is 22.1 Å². The normalized spacial score (nSPS) is 16.5. The fourth-order valence-electron chi connectivity index (χ4n) is 13.3. The van der Waals surface area contributed by atoms with Crippen molar-refractivity contribution in [2.24, 2.45) is 0 Å². The van der Waals surface area contributed by atoms with Crippen molar-refractivity contribution in [2.45, 2.75) is 63.2 Å². The number of pyridine rings is 7. The number of nitro groups is 2. The zero-order valence-corrected chi connectivity index (χ0v) is 66.9. The average molecular weight is 1790 g/mol. The number of nitrogens with one attached hydrogen (secondary N) is 3. The van der Waals surface area contributed by atoms with Gasteiger partial charge in [0.25, 0.3) is 43.9 Å². The van der Waals surface area contributed by atoms with Crippen LogP contribution in [0.2, 0.25) is 5.02 Å². The number of halogens is 17. The molecule has 0 radical (unpaired) electrons. The standard InChI is InChI=1S/C23H23F5N6O.C18H19F5N6O.C11H15F2N5O2.C11H17F2N5.C6H12F2N2.C5H4ClN3O2/c24-20(25)13-32-6-8-33(9-7-32)18-10-21-30-16(14-4-5-14)11-34(21)12-17(18)31-22(35)15-2-1-3-19(29-15)23(26,27)28;19-15(20)10-28-4-6-29(7-5-28)13-8-16(24)25-9-12(13)27-17(30)11-2-1-3-14(26-11)18(21,22)23;12-10(13)7-16-1-3-17(4-2-16)8-5-11(14)15-6-9(8)18(19)20;12-10(13)7-17-1-3-18(4-2-17)9-5-11(15)16-6-8(9)14;7-6(8)5-10-3-1-9-2-4-10;6-3-1-5(7)8-2-4(3)9(10)11/h1-3,10-12,14,20H,4-9,13H2,(H,31,35);1-3,8-9,15H,4-7,10H2,(H2,24,25)(H,27,30);5-6,10H,1-4,7H2,(H2,14,15);5-6,10H,1-4,7,14H2,(H2,15,16);6,9H,1-5H2;1-2H,(H2,7,8). The van der Waals surface area contributed by atoms with Crippen LogP contribution in [-0.4, -0.2) is 281 Å². The molecule has 124 heavy (non-hydrogen) atoms. The van der Waals surface area contributed by atoms with Gasteiger partial charge in [0.05, 0.1) is 94.8 Å². The fourth-order valence-corrected chi connectivity index (χ4v) is 13.6. The molecule has 0 bridgehead atoms. The lowest BCUT2D eigenvalue weighted by Gasteiger charge is -2.36. The second-order valence-corrected chi connectivity index (χ2v) is 29.0. The average Bonchev–Trinajstić information content (AvgIpc) is 1.61. The number of carbonyl (C=O) groups is 2. The van der Waals surface area contributed by atoms with Crippen molar-refractivity contribution in [2.75, 3.05) is 223 Å². The third-order valence-corrected chi connectivity index (χ3v) is 19.9. The lowest BCUT2D eigenvalue weighted by atomic mass is 10.2. The summed E-state index contributed by atoms with van der Waals surface area (Å²) in [4.78, 5) is 88.0. The molecule has 5 aliphatic heterocycles. The molecule has 1 saturated carbocycles. The smallest absolute Gasteiger partial charge is 0.396 e. The molecule has 6 aliphatic rings. The minimum Gasteiger partial charge on any atom is -0.396 e. The Balaban J connectivity index is 0.000000178. The highest BCUT2D eigenvalue weighted by atomic mass is 35.5. The molecule has 0 unspecified atom stereocenters. The summed E-state index contributed by atoms with van der Waals surface area (Å²) < 4.78 is 203. The molecule has 14 rings (SSSR count). The first-order valence-corrected chi connectivity index (χ1v) is 38.8. The van der Waals surface area contributed by atoms with Crippen LogP contribution in [0.5, 0.6) is 0 Å². The van der Waals surface area contributed by atoms with E-state index in [1.165, 1.54) is 36.7 Å². The third kappa shape index (κ3) is 29.6. The van der Waals surface area contributed by atoms with Crippen LogP contribution in [0, 0.1) is 20.2 Å². The zero-order chi connectivity index (χ0) is 90.3. The van der Waals surface area contributed by atoms with E-state index in [4.69, 9.17) is 40.3 Å². The largest absolute Gasteiger partial charge is 0.433 e. The van der Waals surface area contributed by atoms with Crippen molar-refractivity contribution < 1.29 is 89.7 Å². The molecule has 6 fully saturated rings. The number of nitrogen functional groups attached to an aromatic ring is 5. The van der Waals surface area contributed by atoms with Gasteiger partial charge in [0.15, 0.2) is 0 Å². The first kappa shape index (κ1) is 96.3. The number of fused-ring (bicyclic) bond motifs is 1. The SMILES string of the molecule is FC(F)CN1CCNCC1.Nc1cc(Cl)c([N+](=O)[O-])cn1.Nc1cc(N2CCN(CC(F)F)CC2)c(N)cn1.Nc1cc(N2CCN(CC(F)F)CC2)c(NC(=O)c2cccc(C(F)(F)F)n2)cn1.Nc1cc(N2CCN(CC(F)F)CC2)c([N+](=O)[O-])cn1.O=C(Nc1cn2cc(C3CC3)nc2cc1N1CCN(CC(F)F)CC1)c1cccc(C(F)(F)F)n1. The molecule has 0 spiro atoms. The molecule has 0 atom stereocenters. The minimum atomic E-state index is -4.68. The second-order valence-electron chi connectivity index (χ2n) is 28.6. The van der Waals surface area contributed by atoms with E-state index in [9.17, 15) is 100 Å². The maximum absolute atomic E-state index is 13.1. The van der Waals surface area contributed by atoms with Crippen LogP contribution in [0.15, 0.2) is 104 Å². The van der Waals surface area contributed by atoms with Gasteiger partial charge < -0.3 is 68.6 Å². The molecule has 13 N–H and O–H groups in total. The number of amides is 2. The number of nitrogens with zero attached hydrogens (tertiary/aromatic N) is 19. The number of piperazine rings is 5. The van der Waals surface area contributed by atoms with Gasteiger partial charge in [-0.2, -0.15) is 26.3 Å². The zero-order valence-electron chi connectivity index (χ0n) is 66.1. The molecule has 1 aliphatic carbocycles. The Labute approximate surface area is 703 Å². The number of nitrogens with two attached hydrogens (primary N) is 5. The molecule has 0 aromatic carbocycles. The lowest BCUT2D eigenvalue weighted by molar-refractivity contribution is -0.385. The number of hydrogen-bond acceptors (Lipinski definition) is 28. The van der Waals surface area contributed by atoms with Crippen molar-refractivity contribution in [3.05, 3.63) is 158 Å². The van der Waals surface area contributed by atoms with Crippen LogP contribution in [0.4, 0.5) is 145 Å². The Hall–Kier alpha value is -11.5. The van der Waals surface area contributed by atoms with Crippen LogP contribution in [0.3, 0.4) is 0 Å². The third-order valence-electron chi connectivity index (χ3n) is 19.6. The number of rotatable bonds is 21. The summed E-state index contributed by atoms with van der Waals surface area (Å²) in [5.41, 5.74) is 29.6. The van der Waals surface area contributed by atoms with Gasteiger partial charge in [0.1, 0.15) is 74.8 Å². The number of hydrogen-bond donors (Lipinski definition) is 8. The highest BCUT2D eigenvalue weighted by Gasteiger charge is 2.36. The van der Waals surface area contributed by atoms with Crippen molar-refractivity contribution >= 4 is 104 Å². The molecule has 50 heteroatoms. The fraction of sp³-hybridized carbons (Fsp3) is 0.473. The molecule has 676 valence electrons. The second kappa shape index (κ2) is 44.7. The van der Waals surface area contributed by atoms with Crippen LogP contribution < -0.4 is 64.2 Å². The van der Waals surface area contributed by atoms with Gasteiger partial charge in [0, 0.05) is 180 Å².